The van der Waals surface area contributed by atoms with Crippen molar-refractivity contribution in [1.82, 2.24) is 9.97 Å². The molecule has 0 bridgehead atoms. The summed E-state index contributed by atoms with van der Waals surface area (Å²) in [6.45, 7) is 2.48. The molecule has 0 unspecified atom stereocenters. The fraction of sp³-hybridized carbons (Fsp3) is 0.190. The molecule has 2 N–H and O–H groups in total. The van der Waals surface area contributed by atoms with Crippen molar-refractivity contribution in [3.05, 3.63) is 77.7 Å². The lowest BCUT2D eigenvalue weighted by atomic mass is 10.1. The summed E-state index contributed by atoms with van der Waals surface area (Å²) < 4.78 is 5.26. The van der Waals surface area contributed by atoms with E-state index in [4.69, 9.17) is 4.74 Å². The van der Waals surface area contributed by atoms with Crippen LogP contribution in [0.3, 0.4) is 0 Å². The highest BCUT2D eigenvalue weighted by atomic mass is 16.5. The maximum atomic E-state index is 12.6. The summed E-state index contributed by atoms with van der Waals surface area (Å²) in [7, 11) is 1.56. The van der Waals surface area contributed by atoms with Crippen LogP contribution in [0.1, 0.15) is 21.9 Å². The molecule has 0 aliphatic rings. The Morgan fingerprint density at radius 3 is 2.56 bits per heavy atom. The number of hydrogen-bond donors (Lipinski definition) is 2. The second-order valence-corrected chi connectivity index (χ2v) is 6.00. The number of benzene rings is 2. The highest BCUT2D eigenvalue weighted by Crippen LogP contribution is 2.23. The van der Waals surface area contributed by atoms with Crippen LogP contribution in [0.2, 0.25) is 0 Å². The van der Waals surface area contributed by atoms with Gasteiger partial charge in [0.2, 0.25) is 0 Å². The Bertz CT molecular complexity index is 913. The molecule has 3 aromatic rings. The zero-order chi connectivity index (χ0) is 19.1. The van der Waals surface area contributed by atoms with Crippen molar-refractivity contribution in [1.29, 1.82) is 0 Å². The number of methoxy groups -OCH3 is 1. The van der Waals surface area contributed by atoms with Gasteiger partial charge in [-0.05, 0) is 31.0 Å². The van der Waals surface area contributed by atoms with Crippen LogP contribution in [0.5, 0.6) is 5.75 Å². The molecule has 0 aliphatic carbocycles. The summed E-state index contributed by atoms with van der Waals surface area (Å²) in [6, 6.07) is 19.1. The number of nitrogens with one attached hydrogen (secondary N) is 2. The minimum absolute atomic E-state index is 0.301. The first-order valence-corrected chi connectivity index (χ1v) is 8.73. The zero-order valence-electron chi connectivity index (χ0n) is 15.4. The first-order valence-electron chi connectivity index (χ1n) is 8.73. The number of hydrogen-bond acceptors (Lipinski definition) is 5. The van der Waals surface area contributed by atoms with Crippen LogP contribution < -0.4 is 15.4 Å². The number of anilines is 2. The number of aryl methyl sites for hydroxylation is 1. The third-order valence-corrected chi connectivity index (χ3v) is 3.99. The van der Waals surface area contributed by atoms with E-state index < -0.39 is 0 Å². The SMILES string of the molecule is COc1ccccc1NC(=O)c1cc(NCCc2ccccc2)nc(C)n1. The Morgan fingerprint density at radius 1 is 1.04 bits per heavy atom. The average molecular weight is 362 g/mol. The number of carbonyl (C=O) groups excluding carboxylic acids is 1. The average Bonchev–Trinajstić information content (AvgIpc) is 2.69. The number of aromatic nitrogens is 2. The van der Waals surface area contributed by atoms with Gasteiger partial charge >= 0.3 is 0 Å². The minimum Gasteiger partial charge on any atom is -0.495 e. The molecule has 3 rings (SSSR count). The first-order chi connectivity index (χ1) is 13.2. The largest absolute Gasteiger partial charge is 0.495 e. The van der Waals surface area contributed by atoms with Gasteiger partial charge in [-0.3, -0.25) is 4.79 Å². The van der Waals surface area contributed by atoms with Crippen LogP contribution in [0.25, 0.3) is 0 Å². The summed E-state index contributed by atoms with van der Waals surface area (Å²) >= 11 is 0. The van der Waals surface area contributed by atoms with E-state index in [9.17, 15) is 4.79 Å². The fourth-order valence-electron chi connectivity index (χ4n) is 2.69. The normalized spacial score (nSPS) is 10.3. The van der Waals surface area contributed by atoms with Crippen molar-refractivity contribution in [3.8, 4) is 5.75 Å². The molecule has 0 atom stereocenters. The summed E-state index contributed by atoms with van der Waals surface area (Å²) in [5, 5.41) is 6.09. The Kier molecular flexibility index (Phi) is 5.99. The van der Waals surface area contributed by atoms with Gasteiger partial charge in [-0.25, -0.2) is 9.97 Å². The molecule has 0 saturated carbocycles. The van der Waals surface area contributed by atoms with Gasteiger partial charge in [0.1, 0.15) is 23.1 Å². The molecule has 1 amide bonds. The fourth-order valence-corrected chi connectivity index (χ4v) is 2.69. The van der Waals surface area contributed by atoms with E-state index in [0.717, 1.165) is 6.42 Å². The van der Waals surface area contributed by atoms with Gasteiger partial charge in [0.05, 0.1) is 12.8 Å². The van der Waals surface area contributed by atoms with E-state index in [1.807, 2.05) is 30.3 Å². The molecule has 0 aliphatic heterocycles. The third-order valence-electron chi connectivity index (χ3n) is 3.99. The third kappa shape index (κ3) is 5.04. The van der Waals surface area contributed by atoms with Crippen LogP contribution in [0, 0.1) is 6.92 Å². The maximum absolute atomic E-state index is 12.6. The van der Waals surface area contributed by atoms with Gasteiger partial charge in [0, 0.05) is 12.6 Å². The van der Waals surface area contributed by atoms with Crippen LogP contribution in [0.4, 0.5) is 11.5 Å². The van der Waals surface area contributed by atoms with Gasteiger partial charge in [0.15, 0.2) is 0 Å². The van der Waals surface area contributed by atoms with E-state index in [1.165, 1.54) is 5.56 Å². The lowest BCUT2D eigenvalue weighted by Gasteiger charge is -2.11. The van der Waals surface area contributed by atoms with Crippen molar-refractivity contribution in [2.75, 3.05) is 24.3 Å². The van der Waals surface area contributed by atoms with Gasteiger partial charge in [-0.1, -0.05) is 42.5 Å². The summed E-state index contributed by atoms with van der Waals surface area (Å²) in [5.41, 5.74) is 2.14. The second-order valence-electron chi connectivity index (χ2n) is 6.00. The zero-order valence-corrected chi connectivity index (χ0v) is 15.4. The molecular formula is C21H22N4O2. The highest BCUT2D eigenvalue weighted by molar-refractivity contribution is 6.04. The van der Waals surface area contributed by atoms with Crippen LogP contribution in [-0.4, -0.2) is 29.5 Å². The monoisotopic (exact) mass is 362 g/mol. The quantitative estimate of drug-likeness (QED) is 0.670. The maximum Gasteiger partial charge on any atom is 0.274 e. The van der Waals surface area contributed by atoms with Gasteiger partial charge in [0.25, 0.3) is 5.91 Å². The molecule has 1 heterocycles. The smallest absolute Gasteiger partial charge is 0.274 e. The van der Waals surface area contributed by atoms with Crippen molar-refractivity contribution < 1.29 is 9.53 Å². The second kappa shape index (κ2) is 8.80. The number of ether oxygens (including phenoxy) is 1. The van der Waals surface area contributed by atoms with E-state index in [-0.39, 0.29) is 5.91 Å². The van der Waals surface area contributed by atoms with Crippen molar-refractivity contribution in [3.63, 3.8) is 0 Å². The molecule has 0 saturated heterocycles. The van der Waals surface area contributed by atoms with Crippen molar-refractivity contribution >= 4 is 17.4 Å². The van der Waals surface area contributed by atoms with E-state index in [1.54, 1.807) is 32.2 Å². The molecule has 6 heteroatoms. The van der Waals surface area contributed by atoms with Crippen LogP contribution in [-0.2, 0) is 6.42 Å². The lowest BCUT2D eigenvalue weighted by molar-refractivity contribution is 0.102. The van der Waals surface area contributed by atoms with Crippen LogP contribution >= 0.6 is 0 Å². The summed E-state index contributed by atoms with van der Waals surface area (Å²) in [5.74, 6) is 1.45. The molecule has 6 nitrogen and oxygen atoms in total. The number of nitrogens with zero attached hydrogens (tertiary/aromatic N) is 2. The van der Waals surface area contributed by atoms with E-state index in [0.29, 0.717) is 35.3 Å². The molecule has 0 radical (unpaired) electrons. The number of para-hydroxylation sites is 2. The predicted molar refractivity (Wildman–Crippen MR) is 106 cm³/mol. The predicted octanol–water partition coefficient (Wildman–Crippen LogP) is 3.70. The number of amides is 1. The van der Waals surface area contributed by atoms with E-state index in [2.05, 4.69) is 32.7 Å². The Morgan fingerprint density at radius 2 is 1.78 bits per heavy atom. The van der Waals surface area contributed by atoms with Crippen molar-refractivity contribution in [2.45, 2.75) is 13.3 Å². The highest BCUT2D eigenvalue weighted by Gasteiger charge is 2.13. The number of carbonyl (C=O) groups is 1. The molecular weight excluding hydrogens is 340 g/mol. The topological polar surface area (TPSA) is 76.1 Å². The summed E-state index contributed by atoms with van der Waals surface area (Å²) in [4.78, 5) is 21.2. The number of rotatable bonds is 7. The lowest BCUT2D eigenvalue weighted by Crippen LogP contribution is -2.16. The Balaban J connectivity index is 1.68. The van der Waals surface area contributed by atoms with Gasteiger partial charge in [-0.2, -0.15) is 0 Å². The molecule has 0 fully saturated rings. The molecule has 27 heavy (non-hydrogen) atoms. The van der Waals surface area contributed by atoms with E-state index >= 15 is 0 Å². The summed E-state index contributed by atoms with van der Waals surface area (Å²) in [6.07, 6.45) is 0.868. The molecule has 2 aromatic carbocycles. The molecule has 0 spiro atoms. The Hall–Kier alpha value is -3.41. The molecule has 138 valence electrons. The minimum atomic E-state index is -0.309. The van der Waals surface area contributed by atoms with Crippen molar-refractivity contribution in [2.24, 2.45) is 0 Å². The van der Waals surface area contributed by atoms with Gasteiger partial charge in [-0.15, -0.1) is 0 Å². The first kappa shape index (κ1) is 18.4. The molecule has 1 aromatic heterocycles. The van der Waals surface area contributed by atoms with Gasteiger partial charge < -0.3 is 15.4 Å². The Labute approximate surface area is 158 Å². The van der Waals surface area contributed by atoms with Crippen LogP contribution in [0.15, 0.2) is 60.7 Å². The standard InChI is InChI=1S/C21H22N4O2/c1-15-23-18(21(26)25-17-10-6-7-11-19(17)27-2)14-20(24-15)22-13-12-16-8-4-3-5-9-16/h3-11,14H,12-13H2,1-2H3,(H,25,26)(H,22,23,24).